The molecule has 1 saturated heterocycles. The van der Waals surface area contributed by atoms with Crippen LogP contribution in [-0.2, 0) is 19.1 Å². The first-order chi connectivity index (χ1) is 10.7. The maximum absolute atomic E-state index is 12.1. The molecule has 0 bridgehead atoms. The number of nitrogens with one attached hydrogen (secondary N) is 1. The van der Waals surface area contributed by atoms with Gasteiger partial charge in [0.15, 0.2) is 0 Å². The molecule has 0 radical (unpaired) electrons. The lowest BCUT2D eigenvalue weighted by atomic mass is 10.1. The monoisotopic (exact) mass is 325 g/mol. The van der Waals surface area contributed by atoms with E-state index in [0.29, 0.717) is 5.70 Å². The van der Waals surface area contributed by atoms with Gasteiger partial charge in [-0.3, -0.25) is 14.7 Å². The Bertz CT molecular complexity index is 534. The molecule has 1 heterocycles. The van der Waals surface area contributed by atoms with Crippen molar-refractivity contribution in [3.63, 3.8) is 0 Å². The SMILES string of the molecule is C/C=C1/C[C@@H](C(=O)OC)NC(=O)N1/C=N/CC(=O)OC(C)(C)C. The van der Waals surface area contributed by atoms with Crippen molar-refractivity contribution in [1.82, 2.24) is 10.2 Å². The summed E-state index contributed by atoms with van der Waals surface area (Å²) < 4.78 is 9.75. The second-order valence-corrected chi connectivity index (χ2v) is 5.92. The fraction of sp³-hybridized carbons (Fsp3) is 0.600. The normalized spacial score (nSPS) is 20.6. The number of methoxy groups -OCH3 is 1. The number of aliphatic imine (C=N–C) groups is 1. The van der Waals surface area contributed by atoms with Gasteiger partial charge in [0.25, 0.3) is 0 Å². The number of rotatable bonds is 4. The fourth-order valence-corrected chi connectivity index (χ4v) is 1.95. The molecule has 0 aromatic rings. The van der Waals surface area contributed by atoms with Crippen LogP contribution in [-0.4, -0.2) is 54.5 Å². The predicted octanol–water partition coefficient (Wildman–Crippen LogP) is 1.22. The van der Waals surface area contributed by atoms with Crippen LogP contribution in [0.1, 0.15) is 34.1 Å². The van der Waals surface area contributed by atoms with E-state index in [9.17, 15) is 14.4 Å². The van der Waals surface area contributed by atoms with Crippen molar-refractivity contribution in [2.45, 2.75) is 45.8 Å². The van der Waals surface area contributed by atoms with Crippen LogP contribution in [0, 0.1) is 0 Å². The largest absolute Gasteiger partial charge is 0.467 e. The zero-order chi connectivity index (χ0) is 17.6. The number of esters is 2. The van der Waals surface area contributed by atoms with Gasteiger partial charge < -0.3 is 14.8 Å². The van der Waals surface area contributed by atoms with Crippen molar-refractivity contribution in [2.75, 3.05) is 13.7 Å². The first kappa shape index (κ1) is 18.7. The van der Waals surface area contributed by atoms with Gasteiger partial charge in [-0.1, -0.05) is 6.08 Å². The third-order valence-electron chi connectivity index (χ3n) is 2.90. The number of ether oxygens (including phenoxy) is 2. The second-order valence-electron chi connectivity index (χ2n) is 5.92. The van der Waals surface area contributed by atoms with Crippen LogP contribution in [0.3, 0.4) is 0 Å². The Morgan fingerprint density at radius 3 is 2.61 bits per heavy atom. The van der Waals surface area contributed by atoms with Crippen molar-refractivity contribution < 1.29 is 23.9 Å². The van der Waals surface area contributed by atoms with Crippen molar-refractivity contribution in [3.05, 3.63) is 11.8 Å². The number of hydrogen-bond acceptors (Lipinski definition) is 6. The molecule has 1 fully saturated rings. The average Bonchev–Trinajstić information content (AvgIpc) is 2.45. The Hall–Kier alpha value is -2.38. The Morgan fingerprint density at radius 2 is 2.09 bits per heavy atom. The zero-order valence-corrected chi connectivity index (χ0v) is 14.1. The number of carbonyl (C=O) groups excluding carboxylic acids is 3. The van der Waals surface area contributed by atoms with Gasteiger partial charge in [0.1, 0.15) is 18.2 Å². The standard InChI is InChI=1S/C15H23N3O5/c1-6-10-7-11(13(20)22-5)17-14(21)18(10)9-16-8-12(19)23-15(2,3)4/h6,9,11H,7-8H2,1-5H3,(H,17,21)/b10-6-,16-9+/t11-/m0/s1. The quantitative estimate of drug-likeness (QED) is 0.476. The van der Waals surface area contributed by atoms with Crippen molar-refractivity contribution in [1.29, 1.82) is 0 Å². The molecule has 0 saturated carbocycles. The van der Waals surface area contributed by atoms with Gasteiger partial charge in [-0.2, -0.15) is 0 Å². The van der Waals surface area contributed by atoms with E-state index >= 15 is 0 Å². The molecular weight excluding hydrogens is 302 g/mol. The highest BCUT2D eigenvalue weighted by Gasteiger charge is 2.32. The molecule has 1 atom stereocenters. The summed E-state index contributed by atoms with van der Waals surface area (Å²) in [4.78, 5) is 40.4. The highest BCUT2D eigenvalue weighted by molar-refractivity contribution is 5.94. The smallest absolute Gasteiger partial charge is 0.328 e. The lowest BCUT2D eigenvalue weighted by Crippen LogP contribution is -2.53. The zero-order valence-electron chi connectivity index (χ0n) is 14.1. The van der Waals surface area contributed by atoms with Crippen molar-refractivity contribution in [2.24, 2.45) is 4.99 Å². The Balaban J connectivity index is 2.69. The highest BCUT2D eigenvalue weighted by atomic mass is 16.6. The van der Waals surface area contributed by atoms with Gasteiger partial charge in [0.2, 0.25) is 0 Å². The van der Waals surface area contributed by atoms with Crippen LogP contribution in [0.4, 0.5) is 4.79 Å². The molecule has 8 nitrogen and oxygen atoms in total. The molecule has 0 aromatic carbocycles. The van der Waals surface area contributed by atoms with Crippen LogP contribution >= 0.6 is 0 Å². The van der Waals surface area contributed by atoms with Gasteiger partial charge in [-0.05, 0) is 27.7 Å². The molecule has 0 unspecified atom stereocenters. The minimum atomic E-state index is -0.728. The van der Waals surface area contributed by atoms with Crippen LogP contribution < -0.4 is 5.32 Å². The van der Waals surface area contributed by atoms with E-state index in [1.807, 2.05) is 0 Å². The molecule has 8 heteroatoms. The summed E-state index contributed by atoms with van der Waals surface area (Å²) in [5, 5.41) is 2.52. The summed E-state index contributed by atoms with van der Waals surface area (Å²) >= 11 is 0. The van der Waals surface area contributed by atoms with Crippen molar-refractivity contribution in [3.8, 4) is 0 Å². The van der Waals surface area contributed by atoms with E-state index in [1.165, 1.54) is 18.3 Å². The molecule has 0 aliphatic carbocycles. The average molecular weight is 325 g/mol. The number of allylic oxidation sites excluding steroid dienone is 1. The van der Waals surface area contributed by atoms with E-state index in [0.717, 1.165) is 0 Å². The van der Waals surface area contributed by atoms with E-state index < -0.39 is 29.6 Å². The summed E-state index contributed by atoms with van der Waals surface area (Å²) in [6.45, 7) is 6.84. The maximum atomic E-state index is 12.1. The van der Waals surface area contributed by atoms with Gasteiger partial charge in [0, 0.05) is 12.1 Å². The molecule has 2 amide bonds. The second kappa shape index (κ2) is 7.75. The topological polar surface area (TPSA) is 97.3 Å². The van der Waals surface area contributed by atoms with Crippen LogP contribution in [0.2, 0.25) is 0 Å². The van der Waals surface area contributed by atoms with Crippen LogP contribution in [0.15, 0.2) is 16.8 Å². The third kappa shape index (κ3) is 5.72. The number of nitrogens with zero attached hydrogens (tertiary/aromatic N) is 2. The minimum Gasteiger partial charge on any atom is -0.467 e. The Kier molecular flexibility index (Phi) is 6.29. The minimum absolute atomic E-state index is 0.196. The number of hydrogen-bond donors (Lipinski definition) is 1. The van der Waals surface area contributed by atoms with Crippen LogP contribution in [0.25, 0.3) is 0 Å². The Labute approximate surface area is 135 Å². The summed E-state index contributed by atoms with van der Waals surface area (Å²) in [5.41, 5.74) is 0.00853. The first-order valence-electron chi connectivity index (χ1n) is 7.22. The van der Waals surface area contributed by atoms with E-state index in [-0.39, 0.29) is 13.0 Å². The first-order valence-corrected chi connectivity index (χ1v) is 7.22. The molecule has 1 rings (SSSR count). The van der Waals surface area contributed by atoms with Gasteiger partial charge in [-0.25, -0.2) is 9.59 Å². The van der Waals surface area contributed by atoms with Gasteiger partial charge in [-0.15, -0.1) is 0 Å². The molecule has 1 N–H and O–H groups in total. The van der Waals surface area contributed by atoms with E-state index in [1.54, 1.807) is 33.8 Å². The molecule has 23 heavy (non-hydrogen) atoms. The summed E-state index contributed by atoms with van der Waals surface area (Å²) in [7, 11) is 1.26. The van der Waals surface area contributed by atoms with Gasteiger partial charge >= 0.3 is 18.0 Å². The third-order valence-corrected chi connectivity index (χ3v) is 2.90. The molecular formula is C15H23N3O5. The fourth-order valence-electron chi connectivity index (χ4n) is 1.95. The molecule has 1 aliphatic heterocycles. The van der Waals surface area contributed by atoms with Crippen LogP contribution in [0.5, 0.6) is 0 Å². The summed E-state index contributed by atoms with van der Waals surface area (Å²) in [6, 6.07) is -1.23. The number of urea groups is 1. The molecule has 0 aromatic heterocycles. The van der Waals surface area contributed by atoms with Crippen molar-refractivity contribution >= 4 is 24.3 Å². The van der Waals surface area contributed by atoms with E-state index in [4.69, 9.17) is 4.74 Å². The molecule has 128 valence electrons. The maximum Gasteiger partial charge on any atom is 0.328 e. The van der Waals surface area contributed by atoms with Gasteiger partial charge in [0.05, 0.1) is 13.4 Å². The predicted molar refractivity (Wildman–Crippen MR) is 83.8 cm³/mol. The summed E-state index contributed by atoms with van der Waals surface area (Å²) in [6.07, 6.45) is 3.24. The molecule has 0 spiro atoms. The molecule has 1 aliphatic rings. The Morgan fingerprint density at radius 1 is 1.43 bits per heavy atom. The lowest BCUT2D eigenvalue weighted by Gasteiger charge is -2.31. The number of amides is 2. The lowest BCUT2D eigenvalue weighted by molar-refractivity contribution is -0.152. The number of carbonyl (C=O) groups is 3. The van der Waals surface area contributed by atoms with E-state index in [2.05, 4.69) is 15.0 Å². The summed E-state index contributed by atoms with van der Waals surface area (Å²) in [5.74, 6) is -0.997. The highest BCUT2D eigenvalue weighted by Crippen LogP contribution is 2.17.